The van der Waals surface area contributed by atoms with Crippen molar-refractivity contribution in [1.29, 1.82) is 0 Å². The molecule has 298 valence electrons. The summed E-state index contributed by atoms with van der Waals surface area (Å²) in [5, 5.41) is 33.1. The van der Waals surface area contributed by atoms with Crippen LogP contribution in [0.2, 0.25) is 0 Å². The zero-order valence-electron chi connectivity index (χ0n) is 32.0. The normalized spacial score (nSPS) is 10.9. The quantitative estimate of drug-likeness (QED) is 0.0250. The van der Waals surface area contributed by atoms with Gasteiger partial charge in [-0.05, 0) is 39.0 Å². The third-order valence-electron chi connectivity index (χ3n) is 6.02. The van der Waals surface area contributed by atoms with Crippen molar-refractivity contribution in [1.82, 2.24) is 31.9 Å². The van der Waals surface area contributed by atoms with Crippen LogP contribution in [0.15, 0.2) is 10.2 Å². The Labute approximate surface area is 312 Å². The number of hydrogen-bond acceptors (Lipinski definition) is 9. The fourth-order valence-corrected chi connectivity index (χ4v) is 3.51. The molecule has 0 aliphatic carbocycles. The van der Waals surface area contributed by atoms with Gasteiger partial charge in [0, 0.05) is 25.6 Å². The molecule has 0 fully saturated rings. The molecule has 0 aliphatic heterocycles. The number of carbonyl (C=O) groups excluding carboxylic acids is 6. The minimum atomic E-state index is -0.991. The fraction of sp³-hybridized carbons (Fsp3) is 0.765. The summed E-state index contributed by atoms with van der Waals surface area (Å²) in [6, 6.07) is 0.0821. The molecule has 0 rings (SSSR count). The van der Waals surface area contributed by atoms with Crippen LogP contribution in [0.25, 0.3) is 0 Å². The average Bonchev–Trinajstić information content (AvgIpc) is 3.12. The van der Waals surface area contributed by atoms with Crippen molar-refractivity contribution in [2.75, 3.05) is 39.3 Å². The number of rotatable bonds is 23. The van der Waals surface area contributed by atoms with Crippen LogP contribution >= 0.6 is 0 Å². The topological polar surface area (TPSA) is 235 Å². The number of unbranched alkanes of at least 4 members (excludes halogenated alkanes) is 3. The van der Waals surface area contributed by atoms with Crippen LogP contribution in [-0.2, 0) is 28.8 Å². The SMILES string of the molecule is CC.CC.CC(C)C(C)NC(=O)CNC(=O)CCCCCNC(=O)/C=C\[I-]O.CCC(=O)NCCCCC(O)CO.CCNC(=O)CNC=O. The second-order valence-corrected chi connectivity index (χ2v) is 11.6. The van der Waals surface area contributed by atoms with Gasteiger partial charge in [-0.2, -0.15) is 0 Å². The molecule has 50 heavy (non-hydrogen) atoms. The number of hydrogen-bond donors (Lipinski definition) is 9. The molecule has 0 aromatic heterocycles. The van der Waals surface area contributed by atoms with Gasteiger partial charge in [-0.25, -0.2) is 0 Å². The van der Waals surface area contributed by atoms with Gasteiger partial charge < -0.3 is 31.5 Å². The third-order valence-corrected chi connectivity index (χ3v) is 6.70. The molecule has 0 saturated carbocycles. The molecule has 9 N–H and O–H groups in total. The molecular weight excluding hydrogens is 763 g/mol. The second kappa shape index (κ2) is 46.2. The Morgan fingerprint density at radius 1 is 0.740 bits per heavy atom. The largest absolute Gasteiger partial charge is 0.394 e. The summed E-state index contributed by atoms with van der Waals surface area (Å²) >= 11 is -0.991. The van der Waals surface area contributed by atoms with Crippen LogP contribution < -0.4 is 53.5 Å². The first kappa shape index (κ1) is 56.5. The van der Waals surface area contributed by atoms with Gasteiger partial charge in [0.2, 0.25) is 24.1 Å². The first-order valence-corrected chi connectivity index (χ1v) is 19.9. The Morgan fingerprint density at radius 3 is 1.86 bits per heavy atom. The van der Waals surface area contributed by atoms with Crippen molar-refractivity contribution in [3.63, 3.8) is 0 Å². The third kappa shape index (κ3) is 49.6. The van der Waals surface area contributed by atoms with Crippen molar-refractivity contribution < 1.29 is 64.0 Å². The van der Waals surface area contributed by atoms with E-state index in [1.54, 1.807) is 0 Å². The molecule has 15 nitrogen and oxygen atoms in total. The Balaban J connectivity index is -0.000000217. The number of halogens is 1. The summed E-state index contributed by atoms with van der Waals surface area (Å²) in [6.07, 6.45) is 6.70. The summed E-state index contributed by atoms with van der Waals surface area (Å²) in [7, 11) is 0. The van der Waals surface area contributed by atoms with Gasteiger partial charge in [-0.15, -0.1) is 0 Å². The van der Waals surface area contributed by atoms with E-state index in [1.165, 1.54) is 10.2 Å². The summed E-state index contributed by atoms with van der Waals surface area (Å²) in [6.45, 7) is 19.3. The number of aliphatic hydroxyl groups excluding tert-OH is 2. The molecule has 0 aromatic rings. The maximum absolute atomic E-state index is 11.6. The standard InChI is InChI=1S/C16H29IN3O4.C9H19NO3.C5H10N2O2.2C2H6/c1-12(2)13(3)20-16(23)11-19-14(21)7-5-4-6-10-18-15(22)8-9-17-24;1-2-9(13)10-6-4-3-5-8(12)7-11;1-2-7-5(9)3-6-4-8;2*1-2/h8-9,12-13,24H,4-7,10-11H2,1-3H3,(H,18,22)(H,19,21)(H,20,23);8,11-12H,2-7H2,1H3,(H,10,13);4H,2-3H2,1H3,(H,6,8)(H,7,9);2*1-2H3/q-1;;;;/b9-8-;;;;. The molecule has 16 heteroatoms. The van der Waals surface area contributed by atoms with Crippen LogP contribution in [0, 0.1) is 5.92 Å². The fourth-order valence-electron chi connectivity index (χ4n) is 3.03. The smallest absolute Gasteiger partial charge is 0.239 e. The van der Waals surface area contributed by atoms with E-state index in [4.69, 9.17) is 13.6 Å². The zero-order valence-corrected chi connectivity index (χ0v) is 34.2. The van der Waals surface area contributed by atoms with Crippen LogP contribution in [-0.4, -0.2) is 101 Å². The van der Waals surface area contributed by atoms with E-state index in [0.717, 1.165) is 25.7 Å². The number of likely N-dealkylation sites (N-methyl/N-ethyl adjacent to an activating group) is 1. The molecule has 0 bridgehead atoms. The molecule has 0 radical (unpaired) electrons. The molecule has 0 saturated heterocycles. The van der Waals surface area contributed by atoms with Crippen molar-refractivity contribution >= 4 is 35.9 Å². The van der Waals surface area contributed by atoms with Gasteiger partial charge in [0.25, 0.3) is 0 Å². The van der Waals surface area contributed by atoms with E-state index in [-0.39, 0.29) is 55.3 Å². The van der Waals surface area contributed by atoms with Gasteiger partial charge in [-0.1, -0.05) is 48.5 Å². The van der Waals surface area contributed by atoms with E-state index in [9.17, 15) is 28.8 Å². The van der Waals surface area contributed by atoms with Gasteiger partial charge in [-0.3, -0.25) is 19.2 Å². The van der Waals surface area contributed by atoms with Gasteiger partial charge >= 0.3 is 106 Å². The van der Waals surface area contributed by atoms with E-state index in [0.29, 0.717) is 57.6 Å². The van der Waals surface area contributed by atoms with Crippen LogP contribution in [0.1, 0.15) is 114 Å². The molecule has 0 heterocycles. The molecular formula is C34H70IN6O9-. The molecule has 2 unspecified atom stereocenters. The Hall–Kier alpha value is -2.83. The Kier molecular flexibility index (Phi) is 52.2. The predicted molar refractivity (Wildman–Crippen MR) is 194 cm³/mol. The molecule has 0 aliphatic rings. The average molecular weight is 834 g/mol. The van der Waals surface area contributed by atoms with E-state index in [1.807, 2.05) is 62.3 Å². The molecule has 2 atom stereocenters. The van der Waals surface area contributed by atoms with E-state index < -0.39 is 27.7 Å². The van der Waals surface area contributed by atoms with Crippen LogP contribution in [0.5, 0.6) is 0 Å². The van der Waals surface area contributed by atoms with Crippen molar-refractivity contribution in [2.24, 2.45) is 5.92 Å². The van der Waals surface area contributed by atoms with Gasteiger partial charge in [0.15, 0.2) is 0 Å². The molecule has 0 aromatic carbocycles. The summed E-state index contributed by atoms with van der Waals surface area (Å²) in [5.41, 5.74) is 0. The Morgan fingerprint density at radius 2 is 1.34 bits per heavy atom. The minimum absolute atomic E-state index is 0.00572. The van der Waals surface area contributed by atoms with Crippen molar-refractivity contribution in [3.8, 4) is 0 Å². The summed E-state index contributed by atoms with van der Waals surface area (Å²) in [5.74, 6) is -0.270. The number of nitrogens with one attached hydrogen (secondary N) is 6. The number of carbonyl (C=O) groups is 6. The van der Waals surface area contributed by atoms with Gasteiger partial charge in [0.05, 0.1) is 19.3 Å². The number of amides is 6. The monoisotopic (exact) mass is 833 g/mol. The first-order valence-electron chi connectivity index (χ1n) is 17.6. The van der Waals surface area contributed by atoms with Crippen LogP contribution in [0.3, 0.4) is 0 Å². The van der Waals surface area contributed by atoms with Gasteiger partial charge in [0.1, 0.15) is 0 Å². The predicted octanol–water partition coefficient (Wildman–Crippen LogP) is -1.59. The number of aliphatic hydroxyl groups is 2. The maximum Gasteiger partial charge on any atom is 0.239 e. The van der Waals surface area contributed by atoms with E-state index in [2.05, 4.69) is 31.9 Å². The molecule has 6 amide bonds. The maximum atomic E-state index is 11.6. The molecule has 0 spiro atoms. The first-order chi connectivity index (χ1) is 23.9. The van der Waals surface area contributed by atoms with E-state index >= 15 is 0 Å². The van der Waals surface area contributed by atoms with Crippen LogP contribution in [0.4, 0.5) is 0 Å². The second-order valence-electron chi connectivity index (χ2n) is 10.4. The Bertz CT molecular complexity index is 865. The summed E-state index contributed by atoms with van der Waals surface area (Å²) in [4.78, 5) is 65.3. The van der Waals surface area contributed by atoms with Crippen molar-refractivity contribution in [3.05, 3.63) is 10.2 Å². The summed E-state index contributed by atoms with van der Waals surface area (Å²) < 4.78 is 10.1. The van der Waals surface area contributed by atoms with Crippen molar-refractivity contribution in [2.45, 2.75) is 126 Å². The zero-order chi connectivity index (χ0) is 39.6. The minimum Gasteiger partial charge on any atom is -0.394 e.